The second-order valence-corrected chi connectivity index (χ2v) is 3.98. The number of nitrogens with zero attached hydrogens (tertiary/aromatic N) is 1. The first-order valence-electron chi connectivity index (χ1n) is 5.46. The summed E-state index contributed by atoms with van der Waals surface area (Å²) in [5.74, 6) is -0.460. The van der Waals surface area contributed by atoms with Gasteiger partial charge in [0.2, 0.25) is 0 Å². The van der Waals surface area contributed by atoms with E-state index in [2.05, 4.69) is 10.6 Å². The molecule has 0 atom stereocenters. The minimum Gasteiger partial charge on any atom is -0.382 e. The molecule has 84 valence electrons. The third-order valence-electron chi connectivity index (χ3n) is 2.80. The van der Waals surface area contributed by atoms with Crippen molar-refractivity contribution in [2.45, 2.75) is 18.9 Å². The zero-order valence-corrected chi connectivity index (χ0v) is 8.96. The van der Waals surface area contributed by atoms with E-state index >= 15 is 0 Å². The number of hydrogen-bond donors (Lipinski definition) is 2. The highest BCUT2D eigenvalue weighted by Gasteiger charge is 2.13. The van der Waals surface area contributed by atoms with Crippen LogP contribution in [0, 0.1) is 17.1 Å². The SMILES string of the molecule is N#Cc1cc(NC2CCNCC2)ccc1F. The topological polar surface area (TPSA) is 47.9 Å². The summed E-state index contributed by atoms with van der Waals surface area (Å²) >= 11 is 0. The van der Waals surface area contributed by atoms with Crippen molar-refractivity contribution in [1.29, 1.82) is 5.26 Å². The lowest BCUT2D eigenvalue weighted by Crippen LogP contribution is -2.35. The predicted octanol–water partition coefficient (Wildman–Crippen LogP) is 1.86. The van der Waals surface area contributed by atoms with Crippen molar-refractivity contribution in [2.24, 2.45) is 0 Å². The van der Waals surface area contributed by atoms with Crippen molar-refractivity contribution >= 4 is 5.69 Å². The summed E-state index contributed by atoms with van der Waals surface area (Å²) in [6.07, 6.45) is 2.11. The maximum atomic E-state index is 13.1. The number of piperidine rings is 1. The van der Waals surface area contributed by atoms with E-state index in [0.29, 0.717) is 6.04 Å². The lowest BCUT2D eigenvalue weighted by Gasteiger charge is -2.24. The normalized spacial score (nSPS) is 16.8. The van der Waals surface area contributed by atoms with Crippen LogP contribution in [0.15, 0.2) is 18.2 Å². The van der Waals surface area contributed by atoms with E-state index in [-0.39, 0.29) is 5.56 Å². The maximum absolute atomic E-state index is 13.1. The Balaban J connectivity index is 2.06. The molecular formula is C12H14FN3. The first-order chi connectivity index (χ1) is 7.79. The number of anilines is 1. The Morgan fingerprint density at radius 1 is 1.38 bits per heavy atom. The van der Waals surface area contributed by atoms with Crippen molar-refractivity contribution in [1.82, 2.24) is 5.32 Å². The van der Waals surface area contributed by atoms with E-state index in [1.54, 1.807) is 12.1 Å². The molecule has 0 amide bonds. The van der Waals surface area contributed by atoms with Gasteiger partial charge in [0.25, 0.3) is 0 Å². The first kappa shape index (κ1) is 10.9. The van der Waals surface area contributed by atoms with Gasteiger partial charge in [-0.2, -0.15) is 5.26 Å². The molecule has 1 aromatic rings. The molecule has 0 radical (unpaired) electrons. The Bertz CT molecular complexity index is 405. The Morgan fingerprint density at radius 2 is 2.12 bits per heavy atom. The van der Waals surface area contributed by atoms with E-state index in [9.17, 15) is 4.39 Å². The summed E-state index contributed by atoms with van der Waals surface area (Å²) in [5.41, 5.74) is 0.920. The highest BCUT2D eigenvalue weighted by atomic mass is 19.1. The van der Waals surface area contributed by atoms with Crippen LogP contribution in [0.3, 0.4) is 0 Å². The number of benzene rings is 1. The summed E-state index contributed by atoms with van der Waals surface area (Å²) < 4.78 is 13.1. The maximum Gasteiger partial charge on any atom is 0.141 e. The fraction of sp³-hybridized carbons (Fsp3) is 0.417. The van der Waals surface area contributed by atoms with Crippen LogP contribution >= 0.6 is 0 Å². The van der Waals surface area contributed by atoms with Gasteiger partial charge in [0.05, 0.1) is 5.56 Å². The van der Waals surface area contributed by atoms with E-state index in [1.165, 1.54) is 6.07 Å². The van der Waals surface area contributed by atoms with Gasteiger partial charge in [-0.25, -0.2) is 4.39 Å². The van der Waals surface area contributed by atoms with E-state index < -0.39 is 5.82 Å². The molecule has 4 heteroatoms. The molecule has 1 fully saturated rings. The van der Waals surface area contributed by atoms with Gasteiger partial charge in [0.1, 0.15) is 11.9 Å². The molecule has 0 aromatic heterocycles. The largest absolute Gasteiger partial charge is 0.382 e. The molecule has 2 N–H and O–H groups in total. The summed E-state index contributed by atoms with van der Waals surface area (Å²) in [5, 5.41) is 15.3. The quantitative estimate of drug-likeness (QED) is 0.798. The molecule has 2 rings (SSSR count). The summed E-state index contributed by atoms with van der Waals surface area (Å²) in [6.45, 7) is 2.01. The van der Waals surface area contributed by atoms with Gasteiger partial charge in [0.15, 0.2) is 0 Å². The van der Waals surface area contributed by atoms with Crippen LogP contribution in [0.25, 0.3) is 0 Å². The van der Waals surface area contributed by atoms with E-state index in [0.717, 1.165) is 31.6 Å². The molecule has 0 aliphatic carbocycles. The fourth-order valence-corrected chi connectivity index (χ4v) is 1.90. The minimum atomic E-state index is -0.460. The van der Waals surface area contributed by atoms with Crippen molar-refractivity contribution in [3.8, 4) is 6.07 Å². The molecule has 0 unspecified atom stereocenters. The van der Waals surface area contributed by atoms with Gasteiger partial charge in [-0.15, -0.1) is 0 Å². The molecule has 0 bridgehead atoms. The lowest BCUT2D eigenvalue weighted by atomic mass is 10.1. The summed E-state index contributed by atoms with van der Waals surface area (Å²) in [6, 6.07) is 6.84. The number of nitriles is 1. The second-order valence-electron chi connectivity index (χ2n) is 3.98. The standard InChI is InChI=1S/C12H14FN3/c13-12-2-1-11(7-9(12)8-14)16-10-3-5-15-6-4-10/h1-2,7,10,15-16H,3-6H2. The minimum absolute atomic E-state index is 0.0962. The molecule has 0 saturated carbocycles. The molecule has 3 nitrogen and oxygen atoms in total. The highest BCUT2D eigenvalue weighted by molar-refractivity contribution is 5.50. The Morgan fingerprint density at radius 3 is 2.81 bits per heavy atom. The molecule has 1 aliphatic heterocycles. The molecular weight excluding hydrogens is 205 g/mol. The second kappa shape index (κ2) is 4.95. The highest BCUT2D eigenvalue weighted by Crippen LogP contribution is 2.17. The first-order valence-corrected chi connectivity index (χ1v) is 5.46. The van der Waals surface area contributed by atoms with Crippen molar-refractivity contribution in [3.63, 3.8) is 0 Å². The van der Waals surface area contributed by atoms with Gasteiger partial charge in [-0.1, -0.05) is 0 Å². The van der Waals surface area contributed by atoms with Crippen molar-refractivity contribution in [3.05, 3.63) is 29.6 Å². The van der Waals surface area contributed by atoms with Gasteiger partial charge in [-0.05, 0) is 44.1 Å². The predicted molar refractivity (Wildman–Crippen MR) is 60.6 cm³/mol. The number of rotatable bonds is 2. The van der Waals surface area contributed by atoms with Crippen LogP contribution in [0.1, 0.15) is 18.4 Å². The van der Waals surface area contributed by atoms with Gasteiger partial charge in [0, 0.05) is 11.7 Å². The van der Waals surface area contributed by atoms with Crippen LogP contribution in [0.2, 0.25) is 0 Å². The molecule has 1 aliphatic rings. The zero-order chi connectivity index (χ0) is 11.4. The molecule has 16 heavy (non-hydrogen) atoms. The fourth-order valence-electron chi connectivity index (χ4n) is 1.90. The smallest absolute Gasteiger partial charge is 0.141 e. The Hall–Kier alpha value is -1.60. The molecule has 0 spiro atoms. The van der Waals surface area contributed by atoms with Crippen LogP contribution in [0.5, 0.6) is 0 Å². The summed E-state index contributed by atoms with van der Waals surface area (Å²) in [4.78, 5) is 0. The number of halogens is 1. The van der Waals surface area contributed by atoms with Crippen LogP contribution in [-0.2, 0) is 0 Å². The monoisotopic (exact) mass is 219 g/mol. The van der Waals surface area contributed by atoms with Gasteiger partial charge in [-0.3, -0.25) is 0 Å². The zero-order valence-electron chi connectivity index (χ0n) is 8.96. The van der Waals surface area contributed by atoms with Crippen LogP contribution in [-0.4, -0.2) is 19.1 Å². The Labute approximate surface area is 94.3 Å². The van der Waals surface area contributed by atoms with Crippen LogP contribution < -0.4 is 10.6 Å². The summed E-state index contributed by atoms with van der Waals surface area (Å²) in [7, 11) is 0. The molecule has 1 aromatic carbocycles. The van der Waals surface area contributed by atoms with Crippen molar-refractivity contribution < 1.29 is 4.39 Å². The van der Waals surface area contributed by atoms with Gasteiger partial charge >= 0.3 is 0 Å². The number of hydrogen-bond acceptors (Lipinski definition) is 3. The third-order valence-corrected chi connectivity index (χ3v) is 2.80. The van der Waals surface area contributed by atoms with Gasteiger partial charge < -0.3 is 10.6 Å². The number of nitrogens with one attached hydrogen (secondary N) is 2. The average Bonchev–Trinajstić information content (AvgIpc) is 2.33. The molecule has 1 saturated heterocycles. The Kier molecular flexibility index (Phi) is 3.37. The average molecular weight is 219 g/mol. The van der Waals surface area contributed by atoms with E-state index in [4.69, 9.17) is 5.26 Å². The lowest BCUT2D eigenvalue weighted by molar-refractivity contribution is 0.479. The third kappa shape index (κ3) is 2.50. The van der Waals surface area contributed by atoms with Crippen LogP contribution in [0.4, 0.5) is 10.1 Å². The molecule has 1 heterocycles. The van der Waals surface area contributed by atoms with Crippen molar-refractivity contribution in [2.75, 3.05) is 18.4 Å². The van der Waals surface area contributed by atoms with E-state index in [1.807, 2.05) is 6.07 Å².